The zero-order valence-electron chi connectivity index (χ0n) is 12.7. The molecule has 1 heterocycles. The Morgan fingerprint density at radius 2 is 1.90 bits per heavy atom. The normalized spacial score (nSPS) is 21.8. The number of methoxy groups -OCH3 is 3. The van der Waals surface area contributed by atoms with Crippen LogP contribution in [-0.2, 0) is 4.74 Å². The summed E-state index contributed by atoms with van der Waals surface area (Å²) in [6.07, 6.45) is 0.485. The number of ether oxygens (including phenoxy) is 3. The molecule has 1 saturated heterocycles. The van der Waals surface area contributed by atoms with E-state index >= 15 is 0 Å². The molecule has 0 aliphatic carbocycles. The van der Waals surface area contributed by atoms with E-state index in [-0.39, 0.29) is 18.1 Å². The fourth-order valence-corrected chi connectivity index (χ4v) is 2.76. The zero-order chi connectivity index (χ0) is 15.4. The molecular formula is C15H22N2O4. The average Bonchev–Trinajstić information content (AvgIpc) is 2.52. The number of piperidine rings is 1. The van der Waals surface area contributed by atoms with Crippen molar-refractivity contribution in [1.29, 1.82) is 0 Å². The van der Waals surface area contributed by atoms with Crippen LogP contribution in [0.25, 0.3) is 0 Å². The molecular weight excluding hydrogens is 272 g/mol. The van der Waals surface area contributed by atoms with Crippen molar-refractivity contribution in [1.82, 2.24) is 4.90 Å². The van der Waals surface area contributed by atoms with Gasteiger partial charge < -0.3 is 24.8 Å². The predicted octanol–water partition coefficient (Wildman–Crippen LogP) is 1.59. The highest BCUT2D eigenvalue weighted by molar-refractivity contribution is 5.67. The van der Waals surface area contributed by atoms with Crippen molar-refractivity contribution in [3.05, 3.63) is 23.8 Å². The standard InChI is InChI=1S/C15H22N2O4/c1-19-13-5-4-10(7-14(13)20-2)11-6-12(16)9-17(8-11)15(18)21-3/h4-5,7,11-12H,6,8-9,16H2,1-3H3. The number of rotatable bonds is 3. The third-order valence-electron chi connectivity index (χ3n) is 3.79. The minimum atomic E-state index is -0.337. The maximum Gasteiger partial charge on any atom is 0.409 e. The Labute approximate surface area is 124 Å². The van der Waals surface area contributed by atoms with Crippen LogP contribution in [0.1, 0.15) is 17.9 Å². The number of carbonyl (C=O) groups is 1. The van der Waals surface area contributed by atoms with Crippen molar-refractivity contribution in [2.24, 2.45) is 5.73 Å². The second kappa shape index (κ2) is 6.67. The summed E-state index contributed by atoms with van der Waals surface area (Å²) in [5.41, 5.74) is 7.15. The summed E-state index contributed by atoms with van der Waals surface area (Å²) in [5, 5.41) is 0. The second-order valence-electron chi connectivity index (χ2n) is 5.18. The Kier molecular flexibility index (Phi) is 4.90. The van der Waals surface area contributed by atoms with E-state index in [9.17, 15) is 4.79 Å². The number of nitrogens with two attached hydrogens (primary N) is 1. The van der Waals surface area contributed by atoms with Gasteiger partial charge in [0.25, 0.3) is 0 Å². The lowest BCUT2D eigenvalue weighted by Gasteiger charge is -2.35. The quantitative estimate of drug-likeness (QED) is 0.916. The van der Waals surface area contributed by atoms with Crippen molar-refractivity contribution in [3.63, 3.8) is 0 Å². The highest BCUT2D eigenvalue weighted by atomic mass is 16.5. The number of nitrogens with zero attached hydrogens (tertiary/aromatic N) is 1. The number of likely N-dealkylation sites (tertiary alicyclic amines) is 1. The molecule has 0 bridgehead atoms. The van der Waals surface area contributed by atoms with Gasteiger partial charge in [-0.1, -0.05) is 6.07 Å². The minimum Gasteiger partial charge on any atom is -0.493 e. The predicted molar refractivity (Wildman–Crippen MR) is 78.9 cm³/mol. The molecule has 2 atom stereocenters. The molecule has 2 N–H and O–H groups in total. The highest BCUT2D eigenvalue weighted by Crippen LogP contribution is 2.34. The van der Waals surface area contributed by atoms with Gasteiger partial charge in [0.05, 0.1) is 21.3 Å². The van der Waals surface area contributed by atoms with Gasteiger partial charge in [0.2, 0.25) is 0 Å². The largest absolute Gasteiger partial charge is 0.493 e. The first-order chi connectivity index (χ1) is 10.1. The topological polar surface area (TPSA) is 74.0 Å². The van der Waals surface area contributed by atoms with Crippen LogP contribution in [0.2, 0.25) is 0 Å². The van der Waals surface area contributed by atoms with E-state index in [0.717, 1.165) is 12.0 Å². The molecule has 0 aromatic heterocycles. The van der Waals surface area contributed by atoms with Gasteiger partial charge in [0, 0.05) is 25.0 Å². The van der Waals surface area contributed by atoms with Crippen LogP contribution in [0, 0.1) is 0 Å². The van der Waals surface area contributed by atoms with Crippen LogP contribution >= 0.6 is 0 Å². The molecule has 0 saturated carbocycles. The SMILES string of the molecule is COC(=O)N1CC(N)CC(c2ccc(OC)c(OC)c2)C1. The third kappa shape index (κ3) is 3.39. The third-order valence-corrected chi connectivity index (χ3v) is 3.79. The van der Waals surface area contributed by atoms with Crippen LogP contribution in [0.5, 0.6) is 11.5 Å². The fraction of sp³-hybridized carbons (Fsp3) is 0.533. The van der Waals surface area contributed by atoms with E-state index in [4.69, 9.17) is 19.9 Å². The molecule has 1 aliphatic heterocycles. The van der Waals surface area contributed by atoms with Crippen LogP contribution in [-0.4, -0.2) is 51.5 Å². The van der Waals surface area contributed by atoms with Crippen LogP contribution < -0.4 is 15.2 Å². The first-order valence-electron chi connectivity index (χ1n) is 6.89. The molecule has 1 amide bonds. The molecule has 0 spiro atoms. The molecule has 116 valence electrons. The van der Waals surface area contributed by atoms with Gasteiger partial charge in [0.15, 0.2) is 11.5 Å². The maximum absolute atomic E-state index is 11.7. The lowest BCUT2D eigenvalue weighted by Crippen LogP contribution is -2.48. The van der Waals surface area contributed by atoms with Gasteiger partial charge in [-0.25, -0.2) is 4.79 Å². The molecule has 6 heteroatoms. The van der Waals surface area contributed by atoms with E-state index in [2.05, 4.69) is 0 Å². The van der Waals surface area contributed by atoms with Gasteiger partial charge in [-0.3, -0.25) is 0 Å². The molecule has 6 nitrogen and oxygen atoms in total. The lowest BCUT2D eigenvalue weighted by molar-refractivity contribution is 0.106. The number of hydrogen-bond donors (Lipinski definition) is 1. The average molecular weight is 294 g/mol. The van der Waals surface area contributed by atoms with Crippen molar-refractivity contribution in [2.75, 3.05) is 34.4 Å². The van der Waals surface area contributed by atoms with Gasteiger partial charge in [-0.2, -0.15) is 0 Å². The summed E-state index contributed by atoms with van der Waals surface area (Å²) < 4.78 is 15.4. The van der Waals surface area contributed by atoms with E-state index < -0.39 is 0 Å². The Morgan fingerprint density at radius 3 is 2.52 bits per heavy atom. The molecule has 2 rings (SSSR count). The van der Waals surface area contributed by atoms with E-state index in [1.165, 1.54) is 7.11 Å². The summed E-state index contributed by atoms with van der Waals surface area (Å²) >= 11 is 0. The highest BCUT2D eigenvalue weighted by Gasteiger charge is 2.30. The minimum absolute atomic E-state index is 0.0593. The van der Waals surface area contributed by atoms with Crippen molar-refractivity contribution >= 4 is 6.09 Å². The number of benzene rings is 1. The molecule has 1 aromatic rings. The smallest absolute Gasteiger partial charge is 0.409 e. The lowest BCUT2D eigenvalue weighted by atomic mass is 9.88. The monoisotopic (exact) mass is 294 g/mol. The Balaban J connectivity index is 2.22. The first kappa shape index (κ1) is 15.4. The zero-order valence-corrected chi connectivity index (χ0v) is 12.7. The number of hydrogen-bond acceptors (Lipinski definition) is 5. The summed E-state index contributed by atoms with van der Waals surface area (Å²) in [6.45, 7) is 1.12. The van der Waals surface area contributed by atoms with Crippen molar-refractivity contribution in [3.8, 4) is 11.5 Å². The number of amides is 1. The Bertz CT molecular complexity index is 506. The Morgan fingerprint density at radius 1 is 1.19 bits per heavy atom. The van der Waals surface area contributed by atoms with Gasteiger partial charge in [-0.05, 0) is 24.1 Å². The molecule has 21 heavy (non-hydrogen) atoms. The van der Waals surface area contributed by atoms with Crippen LogP contribution in [0.3, 0.4) is 0 Å². The Hall–Kier alpha value is -1.95. The fourth-order valence-electron chi connectivity index (χ4n) is 2.76. The van der Waals surface area contributed by atoms with Crippen molar-refractivity contribution in [2.45, 2.75) is 18.4 Å². The summed E-state index contributed by atoms with van der Waals surface area (Å²) in [6, 6.07) is 5.74. The molecule has 1 aliphatic rings. The van der Waals surface area contributed by atoms with E-state index in [1.54, 1.807) is 19.1 Å². The van der Waals surface area contributed by atoms with E-state index in [1.807, 2.05) is 18.2 Å². The van der Waals surface area contributed by atoms with Gasteiger partial charge >= 0.3 is 6.09 Å². The van der Waals surface area contributed by atoms with Gasteiger partial charge in [0.1, 0.15) is 0 Å². The molecule has 1 aromatic carbocycles. The number of carbonyl (C=O) groups excluding carboxylic acids is 1. The van der Waals surface area contributed by atoms with Crippen molar-refractivity contribution < 1.29 is 19.0 Å². The summed E-state index contributed by atoms with van der Waals surface area (Å²) in [4.78, 5) is 13.4. The molecule has 1 fully saturated rings. The molecule has 2 unspecified atom stereocenters. The molecule has 0 radical (unpaired) electrons. The van der Waals surface area contributed by atoms with E-state index in [0.29, 0.717) is 24.6 Å². The summed E-state index contributed by atoms with van der Waals surface area (Å²) in [7, 11) is 4.59. The second-order valence-corrected chi connectivity index (χ2v) is 5.18. The summed E-state index contributed by atoms with van der Waals surface area (Å²) in [5.74, 6) is 1.53. The first-order valence-corrected chi connectivity index (χ1v) is 6.89. The van der Waals surface area contributed by atoms with Crippen LogP contribution in [0.15, 0.2) is 18.2 Å². The van der Waals surface area contributed by atoms with Crippen LogP contribution in [0.4, 0.5) is 4.79 Å². The van der Waals surface area contributed by atoms with Gasteiger partial charge in [-0.15, -0.1) is 0 Å². The maximum atomic E-state index is 11.7.